The molecule has 1 aromatic carbocycles. The fourth-order valence-corrected chi connectivity index (χ4v) is 3.03. The molecule has 2 rings (SSSR count). The van der Waals surface area contributed by atoms with Crippen LogP contribution in [0.2, 0.25) is 0 Å². The Morgan fingerprint density at radius 1 is 1.22 bits per heavy atom. The van der Waals surface area contributed by atoms with Crippen LogP contribution in [0.3, 0.4) is 0 Å². The highest BCUT2D eigenvalue weighted by Crippen LogP contribution is 2.23. The number of nitrogens with one attached hydrogen (secondary N) is 1. The van der Waals surface area contributed by atoms with Gasteiger partial charge in [0, 0.05) is 10.9 Å². The average Bonchev–Trinajstić information content (AvgIpc) is 2.75. The molecule has 0 spiro atoms. The van der Waals surface area contributed by atoms with E-state index in [0.717, 1.165) is 13.0 Å². The summed E-state index contributed by atoms with van der Waals surface area (Å²) in [5.41, 5.74) is 4.16. The Kier molecular flexibility index (Phi) is 4.56. The van der Waals surface area contributed by atoms with E-state index < -0.39 is 0 Å². The molecule has 0 saturated heterocycles. The third kappa shape index (κ3) is 3.44. The molecule has 0 bridgehead atoms. The lowest BCUT2D eigenvalue weighted by Gasteiger charge is -2.17. The Bertz CT molecular complexity index is 501. The Labute approximate surface area is 114 Å². The molecule has 1 N–H and O–H groups in total. The second-order valence-electron chi connectivity index (χ2n) is 4.79. The minimum atomic E-state index is 0.432. The molecule has 2 aromatic rings. The van der Waals surface area contributed by atoms with Crippen molar-refractivity contribution in [3.63, 3.8) is 0 Å². The molecular formula is C16H21NS. The Morgan fingerprint density at radius 3 is 2.67 bits per heavy atom. The van der Waals surface area contributed by atoms with Crippen LogP contribution in [0.5, 0.6) is 0 Å². The van der Waals surface area contributed by atoms with Crippen LogP contribution in [0.25, 0.3) is 0 Å². The average molecular weight is 259 g/mol. The highest BCUT2D eigenvalue weighted by Gasteiger charge is 2.12. The Morgan fingerprint density at radius 2 is 2.06 bits per heavy atom. The van der Waals surface area contributed by atoms with Crippen LogP contribution < -0.4 is 5.32 Å². The van der Waals surface area contributed by atoms with Gasteiger partial charge < -0.3 is 5.32 Å². The molecule has 0 aliphatic carbocycles. The maximum Gasteiger partial charge on any atom is 0.0369 e. The first kappa shape index (κ1) is 13.3. The van der Waals surface area contributed by atoms with Crippen molar-refractivity contribution in [2.45, 2.75) is 33.2 Å². The van der Waals surface area contributed by atoms with Crippen molar-refractivity contribution in [3.05, 3.63) is 57.3 Å². The Hall–Kier alpha value is -1.12. The molecule has 18 heavy (non-hydrogen) atoms. The van der Waals surface area contributed by atoms with Crippen molar-refractivity contribution in [2.75, 3.05) is 6.54 Å². The maximum atomic E-state index is 3.59. The van der Waals surface area contributed by atoms with E-state index >= 15 is 0 Å². The van der Waals surface area contributed by atoms with Crippen LogP contribution in [-0.4, -0.2) is 6.54 Å². The first-order valence-corrected chi connectivity index (χ1v) is 7.41. The van der Waals surface area contributed by atoms with Crippen molar-refractivity contribution in [1.29, 1.82) is 0 Å². The van der Waals surface area contributed by atoms with Gasteiger partial charge in [-0.2, -0.15) is 0 Å². The van der Waals surface area contributed by atoms with E-state index in [2.05, 4.69) is 61.8 Å². The van der Waals surface area contributed by atoms with E-state index in [4.69, 9.17) is 0 Å². The van der Waals surface area contributed by atoms with Gasteiger partial charge in [-0.15, -0.1) is 11.3 Å². The van der Waals surface area contributed by atoms with E-state index in [1.165, 1.54) is 21.6 Å². The van der Waals surface area contributed by atoms with E-state index in [1.807, 2.05) is 11.3 Å². The van der Waals surface area contributed by atoms with Gasteiger partial charge in [-0.3, -0.25) is 0 Å². The zero-order valence-electron chi connectivity index (χ0n) is 11.4. The normalized spacial score (nSPS) is 12.6. The predicted molar refractivity (Wildman–Crippen MR) is 80.4 cm³/mol. The molecule has 1 heterocycles. The minimum Gasteiger partial charge on any atom is -0.310 e. The Balaban J connectivity index is 2.16. The standard InChI is InChI=1S/C16H21NS/c1-4-17-16(15-9-13(3)18-11-15)10-14-7-5-6-12(2)8-14/h5-9,11,16-17H,4,10H2,1-3H3. The van der Waals surface area contributed by atoms with Gasteiger partial charge in [-0.1, -0.05) is 36.8 Å². The smallest absolute Gasteiger partial charge is 0.0369 e. The van der Waals surface area contributed by atoms with Crippen LogP contribution in [0.1, 0.15) is 34.5 Å². The molecule has 0 saturated carbocycles. The summed E-state index contributed by atoms with van der Waals surface area (Å²) in [4.78, 5) is 1.39. The first-order chi connectivity index (χ1) is 8.69. The fourth-order valence-electron chi connectivity index (χ4n) is 2.28. The number of aryl methyl sites for hydroxylation is 2. The summed E-state index contributed by atoms with van der Waals surface area (Å²) >= 11 is 1.83. The maximum absolute atomic E-state index is 3.59. The second kappa shape index (κ2) is 6.17. The lowest BCUT2D eigenvalue weighted by atomic mass is 9.99. The molecule has 1 atom stereocenters. The number of rotatable bonds is 5. The molecule has 0 aliphatic heterocycles. The van der Waals surface area contributed by atoms with Gasteiger partial charge in [-0.25, -0.2) is 0 Å². The van der Waals surface area contributed by atoms with Gasteiger partial charge in [0.2, 0.25) is 0 Å². The molecule has 1 nitrogen and oxygen atoms in total. The topological polar surface area (TPSA) is 12.0 Å². The number of benzene rings is 1. The monoisotopic (exact) mass is 259 g/mol. The molecule has 0 radical (unpaired) electrons. The summed E-state index contributed by atoms with van der Waals surface area (Å²) in [6.45, 7) is 7.50. The predicted octanol–water partition coefficient (Wildman–Crippen LogP) is 4.26. The van der Waals surface area contributed by atoms with Gasteiger partial charge in [0.15, 0.2) is 0 Å². The molecule has 0 amide bonds. The van der Waals surface area contributed by atoms with Crippen LogP contribution in [0.15, 0.2) is 35.7 Å². The zero-order chi connectivity index (χ0) is 13.0. The molecule has 96 valence electrons. The summed E-state index contributed by atoms with van der Waals surface area (Å²) in [6.07, 6.45) is 1.06. The lowest BCUT2D eigenvalue weighted by Crippen LogP contribution is -2.22. The van der Waals surface area contributed by atoms with E-state index in [1.54, 1.807) is 0 Å². The molecule has 0 fully saturated rings. The fraction of sp³-hybridized carbons (Fsp3) is 0.375. The van der Waals surface area contributed by atoms with Crippen molar-refractivity contribution in [2.24, 2.45) is 0 Å². The van der Waals surface area contributed by atoms with Gasteiger partial charge >= 0.3 is 0 Å². The van der Waals surface area contributed by atoms with Crippen molar-refractivity contribution >= 4 is 11.3 Å². The number of thiophene rings is 1. The molecule has 1 unspecified atom stereocenters. The molecule has 0 aliphatic rings. The van der Waals surface area contributed by atoms with E-state index in [-0.39, 0.29) is 0 Å². The summed E-state index contributed by atoms with van der Waals surface area (Å²) < 4.78 is 0. The quantitative estimate of drug-likeness (QED) is 0.846. The third-order valence-corrected chi connectivity index (χ3v) is 4.01. The number of hydrogen-bond acceptors (Lipinski definition) is 2. The second-order valence-corrected chi connectivity index (χ2v) is 5.91. The number of hydrogen-bond donors (Lipinski definition) is 1. The van der Waals surface area contributed by atoms with Gasteiger partial charge in [0.25, 0.3) is 0 Å². The van der Waals surface area contributed by atoms with Crippen LogP contribution in [-0.2, 0) is 6.42 Å². The van der Waals surface area contributed by atoms with E-state index in [9.17, 15) is 0 Å². The first-order valence-electron chi connectivity index (χ1n) is 6.53. The highest BCUT2D eigenvalue weighted by molar-refractivity contribution is 7.10. The van der Waals surface area contributed by atoms with E-state index in [0.29, 0.717) is 6.04 Å². The summed E-state index contributed by atoms with van der Waals surface area (Å²) in [5.74, 6) is 0. The number of likely N-dealkylation sites (N-methyl/N-ethyl adjacent to an activating group) is 1. The van der Waals surface area contributed by atoms with Crippen LogP contribution in [0.4, 0.5) is 0 Å². The van der Waals surface area contributed by atoms with Crippen LogP contribution in [0, 0.1) is 13.8 Å². The summed E-state index contributed by atoms with van der Waals surface area (Å²) in [5, 5.41) is 5.86. The third-order valence-electron chi connectivity index (χ3n) is 3.13. The van der Waals surface area contributed by atoms with Gasteiger partial charge in [0.1, 0.15) is 0 Å². The highest BCUT2D eigenvalue weighted by atomic mass is 32.1. The molecular weight excluding hydrogens is 238 g/mol. The summed E-state index contributed by atoms with van der Waals surface area (Å²) in [7, 11) is 0. The van der Waals surface area contributed by atoms with Crippen molar-refractivity contribution in [3.8, 4) is 0 Å². The van der Waals surface area contributed by atoms with Crippen molar-refractivity contribution in [1.82, 2.24) is 5.32 Å². The van der Waals surface area contributed by atoms with Crippen molar-refractivity contribution < 1.29 is 0 Å². The largest absolute Gasteiger partial charge is 0.310 e. The van der Waals surface area contributed by atoms with Gasteiger partial charge in [-0.05, 0) is 49.4 Å². The summed E-state index contributed by atoms with van der Waals surface area (Å²) in [6, 6.07) is 11.5. The molecule has 2 heteroatoms. The van der Waals surface area contributed by atoms with Gasteiger partial charge in [0.05, 0.1) is 0 Å². The zero-order valence-corrected chi connectivity index (χ0v) is 12.2. The SMILES string of the molecule is CCNC(Cc1cccc(C)c1)c1csc(C)c1. The van der Waals surface area contributed by atoms with Crippen LogP contribution >= 0.6 is 11.3 Å². The minimum absolute atomic E-state index is 0.432. The lowest BCUT2D eigenvalue weighted by molar-refractivity contribution is 0.551. The molecule has 1 aromatic heterocycles.